The predicted molar refractivity (Wildman–Crippen MR) is 83.4 cm³/mol. The molecule has 0 heterocycles. The molecule has 0 fully saturated rings. The van der Waals surface area contributed by atoms with Crippen LogP contribution in [0.5, 0.6) is 5.75 Å². The van der Waals surface area contributed by atoms with Crippen molar-refractivity contribution in [3.05, 3.63) is 63.7 Å². The summed E-state index contributed by atoms with van der Waals surface area (Å²) in [7, 11) is 1.51. The van der Waals surface area contributed by atoms with Crippen molar-refractivity contribution in [1.29, 1.82) is 0 Å². The van der Waals surface area contributed by atoms with Gasteiger partial charge < -0.3 is 10.1 Å². The minimum atomic E-state index is -0.452. The van der Waals surface area contributed by atoms with E-state index in [1.807, 2.05) is 6.07 Å². The first-order valence-corrected chi connectivity index (χ1v) is 6.68. The van der Waals surface area contributed by atoms with E-state index in [1.54, 1.807) is 24.3 Å². The molecule has 0 atom stereocenters. The van der Waals surface area contributed by atoms with E-state index < -0.39 is 4.92 Å². The lowest BCUT2D eigenvalue weighted by molar-refractivity contribution is -0.384. The Labute approximate surface area is 127 Å². The number of anilines is 1. The standard InChI is InChI=1S/C16H16N2O4/c1-11(19)14-5-3-4-6-15(14)17-10-12-9-13(18(20)21)7-8-16(12)22-2/h3-9,17H,10H2,1-2H3. The lowest BCUT2D eigenvalue weighted by Crippen LogP contribution is -2.06. The van der Waals surface area contributed by atoms with E-state index in [0.29, 0.717) is 29.1 Å². The third-order valence-electron chi connectivity index (χ3n) is 3.25. The van der Waals surface area contributed by atoms with E-state index in [4.69, 9.17) is 4.74 Å². The van der Waals surface area contributed by atoms with Gasteiger partial charge in [0.05, 0.1) is 12.0 Å². The van der Waals surface area contributed by atoms with Crippen LogP contribution in [-0.4, -0.2) is 17.8 Å². The topological polar surface area (TPSA) is 81.5 Å². The molecule has 0 bridgehead atoms. The number of Topliss-reactive ketones (excluding diaryl/α,β-unsaturated/α-hetero) is 1. The van der Waals surface area contributed by atoms with Gasteiger partial charge in [-0.15, -0.1) is 0 Å². The van der Waals surface area contributed by atoms with Crippen LogP contribution in [0.1, 0.15) is 22.8 Å². The van der Waals surface area contributed by atoms with Crippen LogP contribution in [0.4, 0.5) is 11.4 Å². The first kappa shape index (κ1) is 15.5. The van der Waals surface area contributed by atoms with Crippen molar-refractivity contribution in [2.24, 2.45) is 0 Å². The third-order valence-corrected chi connectivity index (χ3v) is 3.25. The molecule has 0 spiro atoms. The fourth-order valence-electron chi connectivity index (χ4n) is 2.15. The maximum Gasteiger partial charge on any atom is 0.270 e. The second kappa shape index (κ2) is 6.71. The van der Waals surface area contributed by atoms with Gasteiger partial charge in [0.1, 0.15) is 5.75 Å². The summed E-state index contributed by atoms with van der Waals surface area (Å²) >= 11 is 0. The van der Waals surface area contributed by atoms with E-state index in [2.05, 4.69) is 5.32 Å². The van der Waals surface area contributed by atoms with E-state index in [9.17, 15) is 14.9 Å². The molecule has 6 nitrogen and oxygen atoms in total. The van der Waals surface area contributed by atoms with Gasteiger partial charge >= 0.3 is 0 Å². The predicted octanol–water partition coefficient (Wildman–Crippen LogP) is 3.42. The summed E-state index contributed by atoms with van der Waals surface area (Å²) in [5.41, 5.74) is 1.91. The van der Waals surface area contributed by atoms with Crippen molar-refractivity contribution < 1.29 is 14.5 Å². The van der Waals surface area contributed by atoms with Gasteiger partial charge in [-0.05, 0) is 25.1 Å². The Hall–Kier alpha value is -2.89. The number of hydrogen-bond acceptors (Lipinski definition) is 5. The number of non-ortho nitro benzene ring substituents is 1. The molecule has 0 saturated carbocycles. The van der Waals surface area contributed by atoms with Crippen molar-refractivity contribution in [2.45, 2.75) is 13.5 Å². The van der Waals surface area contributed by atoms with Gasteiger partial charge in [0.25, 0.3) is 5.69 Å². The number of para-hydroxylation sites is 1. The molecule has 0 aliphatic carbocycles. The summed E-state index contributed by atoms with van der Waals surface area (Å²) in [6, 6.07) is 11.5. The van der Waals surface area contributed by atoms with Crippen molar-refractivity contribution >= 4 is 17.2 Å². The summed E-state index contributed by atoms with van der Waals surface area (Å²) in [5, 5.41) is 14.0. The number of ketones is 1. The zero-order valence-electron chi connectivity index (χ0n) is 12.3. The monoisotopic (exact) mass is 300 g/mol. The number of methoxy groups -OCH3 is 1. The number of benzene rings is 2. The van der Waals surface area contributed by atoms with Crippen LogP contribution in [0.15, 0.2) is 42.5 Å². The van der Waals surface area contributed by atoms with E-state index in [1.165, 1.54) is 26.2 Å². The highest BCUT2D eigenvalue weighted by Gasteiger charge is 2.12. The molecule has 0 aromatic heterocycles. The number of nitrogens with zero attached hydrogens (tertiary/aromatic N) is 1. The quantitative estimate of drug-likeness (QED) is 0.502. The molecule has 2 rings (SSSR count). The number of hydrogen-bond donors (Lipinski definition) is 1. The number of nitrogens with one attached hydrogen (secondary N) is 1. The molecular weight excluding hydrogens is 284 g/mol. The molecule has 1 N–H and O–H groups in total. The molecule has 0 amide bonds. The van der Waals surface area contributed by atoms with Gasteiger partial charge in [0.2, 0.25) is 0 Å². The largest absolute Gasteiger partial charge is 0.496 e. The second-order valence-electron chi connectivity index (χ2n) is 4.71. The number of nitro benzene ring substituents is 1. The molecule has 0 aliphatic heterocycles. The lowest BCUT2D eigenvalue weighted by Gasteiger charge is -2.12. The van der Waals surface area contributed by atoms with E-state index in [0.717, 1.165) is 0 Å². The Kier molecular flexibility index (Phi) is 4.73. The molecule has 0 radical (unpaired) electrons. The highest BCUT2D eigenvalue weighted by molar-refractivity contribution is 5.99. The molecular formula is C16H16N2O4. The smallest absolute Gasteiger partial charge is 0.270 e. The number of ether oxygens (including phenoxy) is 1. The maximum absolute atomic E-state index is 11.6. The number of rotatable bonds is 6. The average molecular weight is 300 g/mol. The van der Waals surface area contributed by atoms with Gasteiger partial charge in [-0.2, -0.15) is 0 Å². The van der Waals surface area contributed by atoms with Crippen LogP contribution in [0.2, 0.25) is 0 Å². The van der Waals surface area contributed by atoms with Crippen molar-refractivity contribution in [3.8, 4) is 5.75 Å². The van der Waals surface area contributed by atoms with Gasteiger partial charge in [-0.3, -0.25) is 14.9 Å². The zero-order chi connectivity index (χ0) is 16.1. The summed E-state index contributed by atoms with van der Waals surface area (Å²) in [6.45, 7) is 1.81. The van der Waals surface area contributed by atoms with Gasteiger partial charge in [-0.25, -0.2) is 0 Å². The van der Waals surface area contributed by atoms with E-state index in [-0.39, 0.29) is 11.5 Å². The normalized spacial score (nSPS) is 10.1. The molecule has 0 saturated heterocycles. The first-order valence-electron chi connectivity index (χ1n) is 6.68. The van der Waals surface area contributed by atoms with E-state index >= 15 is 0 Å². The Morgan fingerprint density at radius 3 is 2.64 bits per heavy atom. The van der Waals surface area contributed by atoms with Gasteiger partial charge in [0, 0.05) is 35.5 Å². The van der Waals surface area contributed by atoms with Crippen molar-refractivity contribution in [2.75, 3.05) is 12.4 Å². The summed E-state index contributed by atoms with van der Waals surface area (Å²) in [4.78, 5) is 22.0. The van der Waals surface area contributed by atoms with Crippen LogP contribution >= 0.6 is 0 Å². The van der Waals surface area contributed by atoms with Crippen molar-refractivity contribution in [1.82, 2.24) is 0 Å². The Balaban J connectivity index is 2.26. The minimum absolute atomic E-state index is 0.00236. The first-order chi connectivity index (χ1) is 10.5. The highest BCUT2D eigenvalue weighted by atomic mass is 16.6. The number of nitro groups is 1. The lowest BCUT2D eigenvalue weighted by atomic mass is 10.1. The summed E-state index contributed by atoms with van der Waals surface area (Å²) < 4.78 is 5.22. The molecule has 2 aromatic carbocycles. The molecule has 6 heteroatoms. The fraction of sp³-hybridized carbons (Fsp3) is 0.188. The summed E-state index contributed by atoms with van der Waals surface area (Å²) in [5.74, 6) is 0.507. The van der Waals surface area contributed by atoms with Crippen LogP contribution in [0, 0.1) is 10.1 Å². The maximum atomic E-state index is 11.6. The van der Waals surface area contributed by atoms with Crippen LogP contribution in [0.25, 0.3) is 0 Å². The molecule has 0 aliphatic rings. The second-order valence-corrected chi connectivity index (χ2v) is 4.71. The molecule has 22 heavy (non-hydrogen) atoms. The highest BCUT2D eigenvalue weighted by Crippen LogP contribution is 2.25. The zero-order valence-corrected chi connectivity index (χ0v) is 12.3. The number of carbonyl (C=O) groups excluding carboxylic acids is 1. The third kappa shape index (κ3) is 3.41. The Bertz CT molecular complexity index is 713. The average Bonchev–Trinajstić information content (AvgIpc) is 2.52. The fourth-order valence-corrected chi connectivity index (χ4v) is 2.15. The molecule has 114 valence electrons. The van der Waals surface area contributed by atoms with Gasteiger partial charge in [-0.1, -0.05) is 12.1 Å². The van der Waals surface area contributed by atoms with Gasteiger partial charge in [0.15, 0.2) is 5.78 Å². The molecule has 2 aromatic rings. The Morgan fingerprint density at radius 2 is 2.00 bits per heavy atom. The van der Waals surface area contributed by atoms with Crippen LogP contribution in [0.3, 0.4) is 0 Å². The van der Waals surface area contributed by atoms with Crippen molar-refractivity contribution in [3.63, 3.8) is 0 Å². The number of carbonyl (C=O) groups is 1. The van der Waals surface area contributed by atoms with Crippen LogP contribution in [-0.2, 0) is 6.54 Å². The van der Waals surface area contributed by atoms with Crippen LogP contribution < -0.4 is 10.1 Å². The molecule has 0 unspecified atom stereocenters. The Morgan fingerprint density at radius 1 is 1.27 bits per heavy atom. The SMILES string of the molecule is COc1ccc([N+](=O)[O-])cc1CNc1ccccc1C(C)=O. The minimum Gasteiger partial charge on any atom is -0.496 e. The summed E-state index contributed by atoms with van der Waals surface area (Å²) in [6.07, 6.45) is 0.